The predicted molar refractivity (Wildman–Crippen MR) is 153 cm³/mol. The summed E-state index contributed by atoms with van der Waals surface area (Å²) >= 11 is 0. The minimum Gasteiger partial charge on any atom is -0.478 e. The smallest absolute Gasteiger partial charge is 0.341 e. The largest absolute Gasteiger partial charge is 0.478 e. The second kappa shape index (κ2) is 14.3. The Labute approximate surface area is 237 Å². The van der Waals surface area contributed by atoms with Crippen LogP contribution in [0.4, 0.5) is 5.69 Å². The average molecular weight is 560 g/mol. The van der Waals surface area contributed by atoms with E-state index < -0.39 is 17.4 Å². The average Bonchev–Trinajstić information content (AvgIpc) is 3.82. The van der Waals surface area contributed by atoms with Crippen molar-refractivity contribution in [2.24, 2.45) is 0 Å². The van der Waals surface area contributed by atoms with E-state index in [-0.39, 0.29) is 11.6 Å². The number of carbonyl (C=O) groups is 2. The van der Waals surface area contributed by atoms with Crippen molar-refractivity contribution in [1.82, 2.24) is 4.57 Å². The number of aromatic nitrogens is 1. The van der Waals surface area contributed by atoms with Crippen LogP contribution in [0.2, 0.25) is 0 Å². The number of fused-ring (bicyclic) bond motifs is 2. The molecule has 0 amide bonds. The van der Waals surface area contributed by atoms with Crippen molar-refractivity contribution in [3.8, 4) is 6.07 Å². The lowest BCUT2D eigenvalue weighted by Crippen LogP contribution is -2.18. The summed E-state index contributed by atoms with van der Waals surface area (Å²) in [6.45, 7) is 1.95. The Morgan fingerprint density at radius 2 is 1.78 bits per heavy atom. The second-order valence-corrected chi connectivity index (χ2v) is 9.86. The van der Waals surface area contributed by atoms with Crippen molar-refractivity contribution in [2.45, 2.75) is 44.6 Å². The molecule has 10 heteroatoms. The number of aryl methyl sites for hydroxylation is 1. The molecule has 3 aromatic rings. The summed E-state index contributed by atoms with van der Waals surface area (Å²) in [5.74, 6) is -2.04. The van der Waals surface area contributed by atoms with E-state index in [1.165, 1.54) is 6.20 Å². The molecule has 0 saturated heterocycles. The normalized spacial score (nSPS) is 13.7. The third kappa shape index (κ3) is 8.03. The standard InChI is InChI=1S/C21H24N2O5.C10H9NO2/c22-8-2-10-28-12-11-27-9-1-3-15-4-7-19-17(13-15)20(24)18(21(25)26)14-23(19)16-5-6-16;12-10(13)8-5-7-3-1-2-4-9(7)11-6-8/h4,7,13-14,16H,1-3,5-6,9-12H2,(H,25,26);1-4,6,11H,5H2,(H,12,13). The van der Waals surface area contributed by atoms with Gasteiger partial charge in [-0.25, -0.2) is 9.59 Å². The van der Waals surface area contributed by atoms with E-state index in [9.17, 15) is 19.5 Å². The number of hydrogen-bond donors (Lipinski definition) is 3. The summed E-state index contributed by atoms with van der Waals surface area (Å²) in [4.78, 5) is 34.7. The summed E-state index contributed by atoms with van der Waals surface area (Å²) in [6.07, 6.45) is 7.46. The Morgan fingerprint density at radius 3 is 2.49 bits per heavy atom. The molecule has 5 rings (SSSR count). The Morgan fingerprint density at radius 1 is 1.02 bits per heavy atom. The summed E-state index contributed by atoms with van der Waals surface area (Å²) in [6, 6.07) is 15.7. The van der Waals surface area contributed by atoms with Crippen molar-refractivity contribution in [1.29, 1.82) is 5.26 Å². The fraction of sp³-hybridized carbons (Fsp3) is 0.355. The number of nitrogens with zero attached hydrogens (tertiary/aromatic N) is 2. The van der Waals surface area contributed by atoms with Crippen LogP contribution in [0.3, 0.4) is 0 Å². The van der Waals surface area contributed by atoms with Gasteiger partial charge >= 0.3 is 11.9 Å². The quantitative estimate of drug-likeness (QED) is 0.272. The van der Waals surface area contributed by atoms with Gasteiger partial charge in [-0.3, -0.25) is 4.79 Å². The molecule has 2 aliphatic rings. The van der Waals surface area contributed by atoms with Gasteiger partial charge in [-0.1, -0.05) is 24.3 Å². The van der Waals surface area contributed by atoms with Crippen molar-refractivity contribution < 1.29 is 29.3 Å². The number of nitriles is 1. The lowest BCUT2D eigenvalue weighted by atomic mass is 10.0. The number of aliphatic carboxylic acids is 1. The molecule has 0 spiro atoms. The molecular formula is C31H33N3O7. The first-order chi connectivity index (χ1) is 19.9. The van der Waals surface area contributed by atoms with Crippen LogP contribution in [0.25, 0.3) is 10.9 Å². The maximum Gasteiger partial charge on any atom is 0.341 e. The molecule has 3 N–H and O–H groups in total. The maximum atomic E-state index is 12.6. The zero-order chi connectivity index (χ0) is 29.2. The van der Waals surface area contributed by atoms with Gasteiger partial charge in [0, 0.05) is 42.5 Å². The molecule has 214 valence electrons. The van der Waals surface area contributed by atoms with E-state index in [4.69, 9.17) is 19.8 Å². The number of nitrogens with one attached hydrogen (secondary N) is 1. The molecule has 1 aliphatic carbocycles. The summed E-state index contributed by atoms with van der Waals surface area (Å²) in [5, 5.41) is 29.9. The summed E-state index contributed by atoms with van der Waals surface area (Å²) in [5.41, 5.74) is 3.62. The Hall–Kier alpha value is -4.46. The predicted octanol–water partition coefficient (Wildman–Crippen LogP) is 4.54. The monoisotopic (exact) mass is 559 g/mol. The van der Waals surface area contributed by atoms with Crippen LogP contribution in [0.15, 0.2) is 65.2 Å². The first-order valence-corrected chi connectivity index (χ1v) is 13.6. The fourth-order valence-corrected chi connectivity index (χ4v) is 4.56. The number of anilines is 1. The highest BCUT2D eigenvalue weighted by molar-refractivity contribution is 5.93. The second-order valence-electron chi connectivity index (χ2n) is 9.86. The minimum absolute atomic E-state index is 0.170. The van der Waals surface area contributed by atoms with Gasteiger partial charge in [-0.05, 0) is 55.0 Å². The van der Waals surface area contributed by atoms with Crippen LogP contribution in [-0.2, 0) is 27.1 Å². The molecule has 1 aromatic heterocycles. The van der Waals surface area contributed by atoms with E-state index in [1.807, 2.05) is 53.1 Å². The van der Waals surface area contributed by atoms with Gasteiger partial charge in [0.25, 0.3) is 0 Å². The number of carboxylic acid groups (broad SMARTS) is 2. The zero-order valence-corrected chi connectivity index (χ0v) is 22.7. The highest BCUT2D eigenvalue weighted by Gasteiger charge is 2.26. The van der Waals surface area contributed by atoms with Crippen LogP contribution >= 0.6 is 0 Å². The van der Waals surface area contributed by atoms with E-state index in [0.717, 1.165) is 48.0 Å². The van der Waals surface area contributed by atoms with Gasteiger partial charge in [-0.2, -0.15) is 5.26 Å². The number of benzene rings is 2. The summed E-state index contributed by atoms with van der Waals surface area (Å²) < 4.78 is 12.7. The third-order valence-corrected chi connectivity index (χ3v) is 6.83. The van der Waals surface area contributed by atoms with Crippen molar-refractivity contribution in [3.05, 3.63) is 87.3 Å². The first-order valence-electron chi connectivity index (χ1n) is 13.6. The van der Waals surface area contributed by atoms with Crippen molar-refractivity contribution in [3.63, 3.8) is 0 Å². The highest BCUT2D eigenvalue weighted by atomic mass is 16.5. The lowest BCUT2D eigenvalue weighted by Gasteiger charge is -2.15. The number of hydrogen-bond acceptors (Lipinski definition) is 7. The van der Waals surface area contributed by atoms with E-state index in [1.54, 1.807) is 6.20 Å². The molecular weight excluding hydrogens is 526 g/mol. The van der Waals surface area contributed by atoms with Gasteiger partial charge in [0.05, 0.1) is 43.4 Å². The van der Waals surface area contributed by atoms with Gasteiger partial charge in [0.15, 0.2) is 0 Å². The molecule has 1 fully saturated rings. The zero-order valence-electron chi connectivity index (χ0n) is 22.7. The molecule has 0 atom stereocenters. The molecule has 10 nitrogen and oxygen atoms in total. The summed E-state index contributed by atoms with van der Waals surface area (Å²) in [7, 11) is 0. The Balaban J connectivity index is 0.000000247. The molecule has 0 bridgehead atoms. The van der Waals surface area contributed by atoms with Crippen LogP contribution < -0.4 is 10.7 Å². The van der Waals surface area contributed by atoms with E-state index in [0.29, 0.717) is 50.2 Å². The molecule has 1 saturated carbocycles. The topological polar surface area (TPSA) is 151 Å². The lowest BCUT2D eigenvalue weighted by molar-refractivity contribution is -0.132. The van der Waals surface area contributed by atoms with Gasteiger partial charge in [0.1, 0.15) is 5.56 Å². The van der Waals surface area contributed by atoms with E-state index in [2.05, 4.69) is 5.32 Å². The van der Waals surface area contributed by atoms with Gasteiger partial charge in [0.2, 0.25) is 5.43 Å². The first kappa shape index (κ1) is 29.5. The van der Waals surface area contributed by atoms with Crippen LogP contribution in [0, 0.1) is 11.3 Å². The van der Waals surface area contributed by atoms with Crippen molar-refractivity contribution >= 4 is 28.5 Å². The minimum atomic E-state index is -1.18. The molecule has 0 radical (unpaired) electrons. The van der Waals surface area contributed by atoms with Crippen LogP contribution in [0.1, 0.15) is 53.2 Å². The van der Waals surface area contributed by atoms with Crippen LogP contribution in [0.5, 0.6) is 0 Å². The molecule has 41 heavy (non-hydrogen) atoms. The van der Waals surface area contributed by atoms with Crippen LogP contribution in [-0.4, -0.2) is 53.1 Å². The third-order valence-electron chi connectivity index (χ3n) is 6.83. The number of carboxylic acids is 2. The number of aromatic carboxylic acids is 1. The maximum absolute atomic E-state index is 12.6. The van der Waals surface area contributed by atoms with Gasteiger partial charge < -0.3 is 29.6 Å². The number of rotatable bonds is 12. The van der Waals surface area contributed by atoms with Crippen molar-refractivity contribution in [2.75, 3.05) is 31.7 Å². The molecule has 2 heterocycles. The molecule has 1 aliphatic heterocycles. The molecule has 0 unspecified atom stereocenters. The number of para-hydroxylation sites is 1. The highest BCUT2D eigenvalue weighted by Crippen LogP contribution is 2.37. The Bertz CT molecular complexity index is 1530. The number of pyridine rings is 1. The molecule has 2 aromatic carbocycles. The van der Waals surface area contributed by atoms with E-state index >= 15 is 0 Å². The fourth-order valence-electron chi connectivity index (χ4n) is 4.56. The van der Waals surface area contributed by atoms with Gasteiger partial charge in [-0.15, -0.1) is 0 Å². The Kier molecular flexibility index (Phi) is 10.3. The SMILES string of the molecule is N#CCCOCCOCCCc1ccc2c(c1)c(=O)c(C(=O)O)cn2C1CC1.O=C(O)C1=CNc2ccccc2C1. The number of ether oxygens (including phenoxy) is 2.